The number of benzene rings is 1. The Morgan fingerprint density at radius 3 is 2.63 bits per heavy atom. The van der Waals surface area contributed by atoms with Crippen molar-refractivity contribution in [2.75, 3.05) is 6.54 Å². The molecule has 0 aliphatic rings. The van der Waals surface area contributed by atoms with Crippen molar-refractivity contribution in [3.63, 3.8) is 0 Å². The lowest BCUT2D eigenvalue weighted by Gasteiger charge is -2.22. The summed E-state index contributed by atoms with van der Waals surface area (Å²) in [5.74, 6) is -0.723. The zero-order valence-corrected chi connectivity index (χ0v) is 11.2. The summed E-state index contributed by atoms with van der Waals surface area (Å²) in [6, 6.07) is 8.93. The molecule has 1 aromatic heterocycles. The van der Waals surface area contributed by atoms with E-state index in [0.29, 0.717) is 5.56 Å². The first kappa shape index (κ1) is 13.7. The minimum atomic E-state index is -1.11. The van der Waals surface area contributed by atoms with Crippen LogP contribution >= 0.6 is 11.3 Å². The van der Waals surface area contributed by atoms with Gasteiger partial charge in [0.25, 0.3) is 5.91 Å². The molecule has 1 amide bonds. The second-order valence-electron chi connectivity index (χ2n) is 4.44. The summed E-state index contributed by atoms with van der Waals surface area (Å²) in [6.07, 6.45) is 0. The normalized spacial score (nSPS) is 13.8. The van der Waals surface area contributed by atoms with Crippen LogP contribution in [0.1, 0.15) is 22.2 Å². The molecule has 1 atom stereocenters. The molecule has 0 saturated carbocycles. The monoisotopic (exact) mass is 279 g/mol. The molecule has 0 spiro atoms. The van der Waals surface area contributed by atoms with Crippen molar-refractivity contribution >= 4 is 17.2 Å². The Balaban J connectivity index is 1.99. The van der Waals surface area contributed by atoms with E-state index < -0.39 is 5.60 Å². The summed E-state index contributed by atoms with van der Waals surface area (Å²) in [4.78, 5) is 12.6. The first-order valence-corrected chi connectivity index (χ1v) is 6.67. The Morgan fingerprint density at radius 2 is 2.05 bits per heavy atom. The molecule has 0 saturated heterocycles. The average molecular weight is 279 g/mol. The van der Waals surface area contributed by atoms with Crippen molar-refractivity contribution < 1.29 is 14.3 Å². The van der Waals surface area contributed by atoms with Crippen LogP contribution in [0.15, 0.2) is 41.8 Å². The van der Waals surface area contributed by atoms with Gasteiger partial charge in [-0.15, -0.1) is 11.3 Å². The lowest BCUT2D eigenvalue weighted by Crippen LogP contribution is -2.38. The number of hydrogen-bond acceptors (Lipinski definition) is 3. The molecule has 100 valence electrons. The first-order valence-electron chi connectivity index (χ1n) is 5.79. The van der Waals surface area contributed by atoms with E-state index in [9.17, 15) is 14.3 Å². The van der Waals surface area contributed by atoms with Gasteiger partial charge in [0, 0.05) is 10.4 Å². The molecular weight excluding hydrogens is 265 g/mol. The highest BCUT2D eigenvalue weighted by Crippen LogP contribution is 2.24. The van der Waals surface area contributed by atoms with E-state index in [4.69, 9.17) is 0 Å². The van der Waals surface area contributed by atoms with Gasteiger partial charge in [0.05, 0.1) is 6.54 Å². The maximum atomic E-state index is 12.7. The molecule has 19 heavy (non-hydrogen) atoms. The van der Waals surface area contributed by atoms with Gasteiger partial charge >= 0.3 is 0 Å². The Labute approximate surface area is 114 Å². The topological polar surface area (TPSA) is 49.3 Å². The number of nitrogens with one attached hydrogen (secondary N) is 1. The third-order valence-corrected chi connectivity index (χ3v) is 3.87. The van der Waals surface area contributed by atoms with Gasteiger partial charge in [-0.25, -0.2) is 4.39 Å². The molecule has 2 aromatic rings. The standard InChI is InChI=1S/C14H14FNO2S/c1-14(18,12-3-2-8-19-12)9-16-13(17)10-4-6-11(15)7-5-10/h2-8,18H,9H2,1H3,(H,16,17). The highest BCUT2D eigenvalue weighted by Gasteiger charge is 2.24. The van der Waals surface area contributed by atoms with Gasteiger partial charge in [-0.2, -0.15) is 0 Å². The predicted octanol–water partition coefficient (Wildman–Crippen LogP) is 2.52. The molecule has 5 heteroatoms. The van der Waals surface area contributed by atoms with Gasteiger partial charge in [0.2, 0.25) is 0 Å². The SMILES string of the molecule is CC(O)(CNC(=O)c1ccc(F)cc1)c1cccs1. The molecule has 1 unspecified atom stereocenters. The lowest BCUT2D eigenvalue weighted by atomic mass is 10.1. The van der Waals surface area contributed by atoms with Gasteiger partial charge in [-0.1, -0.05) is 6.07 Å². The summed E-state index contributed by atoms with van der Waals surface area (Å²) in [7, 11) is 0. The number of halogens is 1. The van der Waals surface area contributed by atoms with E-state index in [-0.39, 0.29) is 18.3 Å². The van der Waals surface area contributed by atoms with Crippen LogP contribution in [-0.2, 0) is 5.60 Å². The third kappa shape index (κ3) is 3.39. The summed E-state index contributed by atoms with van der Waals surface area (Å²) >= 11 is 1.43. The van der Waals surface area contributed by atoms with Gasteiger partial charge in [0.15, 0.2) is 0 Å². The van der Waals surface area contributed by atoms with E-state index in [1.807, 2.05) is 17.5 Å². The zero-order chi connectivity index (χ0) is 13.9. The van der Waals surface area contributed by atoms with E-state index in [1.54, 1.807) is 6.92 Å². The van der Waals surface area contributed by atoms with E-state index >= 15 is 0 Å². The molecule has 0 bridgehead atoms. The lowest BCUT2D eigenvalue weighted by molar-refractivity contribution is 0.0556. The van der Waals surface area contributed by atoms with Gasteiger partial charge in [-0.3, -0.25) is 4.79 Å². The highest BCUT2D eigenvalue weighted by molar-refractivity contribution is 7.10. The Bertz CT molecular complexity index is 549. The molecule has 1 heterocycles. The van der Waals surface area contributed by atoms with Crippen LogP contribution < -0.4 is 5.32 Å². The van der Waals surface area contributed by atoms with Gasteiger partial charge in [-0.05, 0) is 42.6 Å². The maximum Gasteiger partial charge on any atom is 0.251 e. The fourth-order valence-electron chi connectivity index (χ4n) is 1.63. The van der Waals surface area contributed by atoms with Crippen molar-refractivity contribution in [1.82, 2.24) is 5.32 Å². The number of hydrogen-bond donors (Lipinski definition) is 2. The fraction of sp³-hybridized carbons (Fsp3) is 0.214. The number of aliphatic hydroxyl groups is 1. The van der Waals surface area contributed by atoms with Crippen LogP contribution in [0.25, 0.3) is 0 Å². The smallest absolute Gasteiger partial charge is 0.251 e. The summed E-state index contributed by atoms with van der Waals surface area (Å²) in [6.45, 7) is 1.74. The largest absolute Gasteiger partial charge is 0.383 e. The Kier molecular flexibility index (Phi) is 3.97. The molecule has 2 N–H and O–H groups in total. The summed E-state index contributed by atoms with van der Waals surface area (Å²) in [5.41, 5.74) is -0.743. The molecule has 0 fully saturated rings. The molecule has 1 aromatic carbocycles. The fourth-order valence-corrected chi connectivity index (χ4v) is 2.41. The van der Waals surface area contributed by atoms with E-state index in [1.165, 1.54) is 35.6 Å². The average Bonchev–Trinajstić information content (AvgIpc) is 2.91. The van der Waals surface area contributed by atoms with Crippen LogP contribution in [0.3, 0.4) is 0 Å². The quantitative estimate of drug-likeness (QED) is 0.903. The van der Waals surface area contributed by atoms with Crippen molar-refractivity contribution in [2.45, 2.75) is 12.5 Å². The van der Waals surface area contributed by atoms with Crippen LogP contribution in [-0.4, -0.2) is 17.6 Å². The first-order chi connectivity index (χ1) is 8.99. The van der Waals surface area contributed by atoms with Gasteiger partial charge < -0.3 is 10.4 Å². The highest BCUT2D eigenvalue weighted by atomic mass is 32.1. The Hall–Kier alpha value is -1.72. The third-order valence-electron chi connectivity index (χ3n) is 2.75. The number of carbonyl (C=O) groups is 1. The van der Waals surface area contributed by atoms with Crippen LogP contribution in [0.4, 0.5) is 4.39 Å². The van der Waals surface area contributed by atoms with Crippen molar-refractivity contribution in [1.29, 1.82) is 0 Å². The molecule has 3 nitrogen and oxygen atoms in total. The molecule has 0 aliphatic carbocycles. The number of thiophene rings is 1. The molecule has 2 rings (SSSR count). The predicted molar refractivity (Wildman–Crippen MR) is 72.6 cm³/mol. The van der Waals surface area contributed by atoms with Crippen LogP contribution in [0, 0.1) is 5.82 Å². The molecular formula is C14H14FNO2S. The molecule has 0 radical (unpaired) electrons. The minimum absolute atomic E-state index is 0.101. The summed E-state index contributed by atoms with van der Waals surface area (Å²) in [5, 5.41) is 14.8. The number of rotatable bonds is 4. The summed E-state index contributed by atoms with van der Waals surface area (Å²) < 4.78 is 12.7. The number of amides is 1. The Morgan fingerprint density at radius 1 is 1.37 bits per heavy atom. The van der Waals surface area contributed by atoms with Crippen molar-refractivity contribution in [3.8, 4) is 0 Å². The maximum absolute atomic E-state index is 12.7. The zero-order valence-electron chi connectivity index (χ0n) is 10.4. The minimum Gasteiger partial charge on any atom is -0.383 e. The van der Waals surface area contributed by atoms with Crippen molar-refractivity contribution in [2.24, 2.45) is 0 Å². The molecule has 0 aliphatic heterocycles. The second-order valence-corrected chi connectivity index (χ2v) is 5.39. The van der Waals surface area contributed by atoms with Crippen LogP contribution in [0.2, 0.25) is 0 Å². The van der Waals surface area contributed by atoms with E-state index in [2.05, 4.69) is 5.32 Å². The number of carbonyl (C=O) groups excluding carboxylic acids is 1. The van der Waals surface area contributed by atoms with Crippen LogP contribution in [0.5, 0.6) is 0 Å². The van der Waals surface area contributed by atoms with Gasteiger partial charge in [0.1, 0.15) is 11.4 Å². The van der Waals surface area contributed by atoms with Crippen molar-refractivity contribution in [3.05, 3.63) is 58.0 Å². The van der Waals surface area contributed by atoms with E-state index in [0.717, 1.165) is 4.88 Å². The second kappa shape index (κ2) is 5.50.